The Kier molecular flexibility index (Phi) is 4.66. The molecule has 0 aliphatic heterocycles. The Morgan fingerprint density at radius 3 is 2.32 bits per heavy atom. The second-order valence-electron chi connectivity index (χ2n) is 4.72. The maximum Gasteiger partial charge on any atom is 0.412 e. The molecule has 5 nitrogen and oxygen atoms in total. The molecule has 0 bridgehead atoms. The molecule has 7 heteroatoms. The number of carbonyl (C=O) groups excluding carboxylic acids is 1. The summed E-state index contributed by atoms with van der Waals surface area (Å²) in [6.07, 6.45) is -0.765. The van der Waals surface area contributed by atoms with Crippen LogP contribution in [0.2, 0.25) is 10.0 Å². The number of halogens is 2. The van der Waals surface area contributed by atoms with E-state index in [1.54, 1.807) is 20.8 Å². The molecule has 104 valence electrons. The maximum absolute atomic E-state index is 11.6. The minimum absolute atomic E-state index is 0.0116. The fraction of sp³-hybridized carbons (Fsp3) is 0.333. The highest BCUT2D eigenvalue weighted by Gasteiger charge is 2.21. The number of hydrogen-bond donors (Lipinski definition) is 2. The molecule has 1 amide bonds. The van der Waals surface area contributed by atoms with E-state index < -0.39 is 17.7 Å². The summed E-state index contributed by atoms with van der Waals surface area (Å²) in [7, 11) is 0. The molecule has 19 heavy (non-hydrogen) atoms. The quantitative estimate of drug-likeness (QED) is 0.864. The molecule has 0 saturated carbocycles. The summed E-state index contributed by atoms with van der Waals surface area (Å²) in [5.41, 5.74) is -0.831. The predicted molar refractivity (Wildman–Crippen MR) is 73.3 cm³/mol. The van der Waals surface area contributed by atoms with Crippen LogP contribution in [0, 0.1) is 0 Å². The molecule has 0 atom stereocenters. The van der Waals surface area contributed by atoms with Gasteiger partial charge in [-0.2, -0.15) is 0 Å². The monoisotopic (exact) mass is 305 g/mol. The topological polar surface area (TPSA) is 75.6 Å². The Balaban J connectivity index is 3.04. The number of carboxylic acid groups (broad SMARTS) is 1. The van der Waals surface area contributed by atoms with Crippen molar-refractivity contribution in [2.24, 2.45) is 0 Å². The molecule has 0 heterocycles. The predicted octanol–water partition coefficient (Wildman–Crippen LogP) is 4.04. The second kappa shape index (κ2) is 5.67. The third kappa shape index (κ3) is 4.29. The molecule has 0 spiro atoms. The van der Waals surface area contributed by atoms with Crippen LogP contribution in [0.4, 0.5) is 10.5 Å². The fourth-order valence-electron chi connectivity index (χ4n) is 1.24. The zero-order valence-electron chi connectivity index (χ0n) is 10.6. The van der Waals surface area contributed by atoms with E-state index in [0.29, 0.717) is 0 Å². The van der Waals surface area contributed by atoms with Crippen LogP contribution in [0.5, 0.6) is 0 Å². The van der Waals surface area contributed by atoms with Gasteiger partial charge in [-0.15, -0.1) is 0 Å². The summed E-state index contributed by atoms with van der Waals surface area (Å²) in [6, 6.07) is 2.59. The lowest BCUT2D eigenvalue weighted by Gasteiger charge is -2.20. The molecule has 1 aromatic rings. The van der Waals surface area contributed by atoms with Crippen molar-refractivity contribution in [2.75, 3.05) is 5.32 Å². The van der Waals surface area contributed by atoms with Gasteiger partial charge in [-0.25, -0.2) is 9.59 Å². The van der Waals surface area contributed by atoms with Gasteiger partial charge in [0.1, 0.15) is 5.60 Å². The molecule has 0 radical (unpaired) electrons. The lowest BCUT2D eigenvalue weighted by Crippen LogP contribution is -2.27. The van der Waals surface area contributed by atoms with Crippen LogP contribution in [0.3, 0.4) is 0 Å². The van der Waals surface area contributed by atoms with Gasteiger partial charge in [-0.05, 0) is 32.9 Å². The molecular weight excluding hydrogens is 293 g/mol. The zero-order valence-corrected chi connectivity index (χ0v) is 12.1. The number of rotatable bonds is 2. The molecule has 1 rings (SSSR count). The van der Waals surface area contributed by atoms with Crippen molar-refractivity contribution in [3.63, 3.8) is 0 Å². The number of anilines is 1. The van der Waals surface area contributed by atoms with Gasteiger partial charge in [0.05, 0.1) is 21.3 Å². The van der Waals surface area contributed by atoms with Crippen LogP contribution in [0.15, 0.2) is 12.1 Å². The van der Waals surface area contributed by atoms with E-state index in [2.05, 4.69) is 5.32 Å². The van der Waals surface area contributed by atoms with E-state index in [4.69, 9.17) is 33.0 Å². The first kappa shape index (κ1) is 15.6. The SMILES string of the molecule is CC(C)(C)OC(=O)Nc1c(Cl)ccc(C(=O)O)c1Cl. The van der Waals surface area contributed by atoms with Crippen LogP contribution in [-0.2, 0) is 4.74 Å². The molecule has 0 saturated heterocycles. The average molecular weight is 306 g/mol. The first-order valence-corrected chi connectivity index (χ1v) is 6.08. The fourth-order valence-corrected chi connectivity index (χ4v) is 1.78. The van der Waals surface area contributed by atoms with Crippen molar-refractivity contribution in [2.45, 2.75) is 26.4 Å². The first-order valence-electron chi connectivity index (χ1n) is 5.33. The summed E-state index contributed by atoms with van der Waals surface area (Å²) in [5, 5.41) is 11.3. The molecule has 0 aromatic heterocycles. The third-order valence-corrected chi connectivity index (χ3v) is 2.66. The number of ether oxygens (including phenoxy) is 1. The van der Waals surface area contributed by atoms with E-state index in [-0.39, 0.29) is 21.3 Å². The average Bonchev–Trinajstić information content (AvgIpc) is 2.21. The summed E-state index contributed by atoms with van der Waals surface area (Å²) in [6.45, 7) is 5.09. The standard InChI is InChI=1S/C12H13Cl2NO4/c1-12(2,3)19-11(18)15-9-7(13)5-4-6(8(9)14)10(16)17/h4-5H,1-3H3,(H,15,18)(H,16,17). The van der Waals surface area contributed by atoms with Crippen LogP contribution in [0.25, 0.3) is 0 Å². The lowest BCUT2D eigenvalue weighted by molar-refractivity contribution is 0.0633. The number of hydrogen-bond acceptors (Lipinski definition) is 3. The summed E-state index contributed by atoms with van der Waals surface area (Å²) in [5.74, 6) is -1.21. The first-order chi connectivity index (χ1) is 8.61. The van der Waals surface area contributed by atoms with Crippen LogP contribution >= 0.6 is 23.2 Å². The summed E-state index contributed by atoms with van der Waals surface area (Å²) >= 11 is 11.8. The van der Waals surface area contributed by atoms with E-state index >= 15 is 0 Å². The van der Waals surface area contributed by atoms with Crippen molar-refractivity contribution in [1.29, 1.82) is 0 Å². The van der Waals surface area contributed by atoms with E-state index in [1.807, 2.05) is 0 Å². The molecule has 0 aliphatic carbocycles. The highest BCUT2D eigenvalue weighted by Crippen LogP contribution is 2.33. The number of benzene rings is 1. The number of aromatic carboxylic acids is 1. The second-order valence-corrected chi connectivity index (χ2v) is 5.50. The van der Waals surface area contributed by atoms with Crippen molar-refractivity contribution >= 4 is 41.0 Å². The number of amides is 1. The Labute approximate surface area is 120 Å². The normalized spacial score (nSPS) is 11.0. The number of carboxylic acids is 1. The van der Waals surface area contributed by atoms with Gasteiger partial charge in [0.25, 0.3) is 0 Å². The van der Waals surface area contributed by atoms with Gasteiger partial charge in [0, 0.05) is 0 Å². The lowest BCUT2D eigenvalue weighted by atomic mass is 10.2. The molecule has 0 unspecified atom stereocenters. The van der Waals surface area contributed by atoms with Crippen molar-refractivity contribution < 1.29 is 19.4 Å². The van der Waals surface area contributed by atoms with Gasteiger partial charge in [0.15, 0.2) is 0 Å². The van der Waals surface area contributed by atoms with Crippen LogP contribution in [-0.4, -0.2) is 22.8 Å². The van der Waals surface area contributed by atoms with Crippen LogP contribution < -0.4 is 5.32 Å². The molecule has 2 N–H and O–H groups in total. The van der Waals surface area contributed by atoms with E-state index in [9.17, 15) is 9.59 Å². The minimum Gasteiger partial charge on any atom is -0.478 e. The van der Waals surface area contributed by atoms with Gasteiger partial charge in [-0.1, -0.05) is 23.2 Å². The van der Waals surface area contributed by atoms with Gasteiger partial charge < -0.3 is 9.84 Å². The smallest absolute Gasteiger partial charge is 0.412 e. The Hall–Kier alpha value is -1.46. The van der Waals surface area contributed by atoms with Gasteiger partial charge in [0.2, 0.25) is 0 Å². The molecule has 0 aliphatic rings. The van der Waals surface area contributed by atoms with Crippen molar-refractivity contribution in [1.82, 2.24) is 0 Å². The van der Waals surface area contributed by atoms with Gasteiger partial charge >= 0.3 is 12.1 Å². The molecule has 0 fully saturated rings. The van der Waals surface area contributed by atoms with E-state index in [1.165, 1.54) is 12.1 Å². The Morgan fingerprint density at radius 2 is 1.84 bits per heavy atom. The highest BCUT2D eigenvalue weighted by atomic mass is 35.5. The number of nitrogens with one attached hydrogen (secondary N) is 1. The van der Waals surface area contributed by atoms with Crippen molar-refractivity contribution in [3.05, 3.63) is 27.7 Å². The molecular formula is C12H13Cl2NO4. The van der Waals surface area contributed by atoms with E-state index in [0.717, 1.165) is 0 Å². The summed E-state index contributed by atoms with van der Waals surface area (Å²) < 4.78 is 5.04. The van der Waals surface area contributed by atoms with Crippen LogP contribution in [0.1, 0.15) is 31.1 Å². The number of carbonyl (C=O) groups is 2. The largest absolute Gasteiger partial charge is 0.478 e. The van der Waals surface area contributed by atoms with Gasteiger partial charge in [-0.3, -0.25) is 5.32 Å². The van der Waals surface area contributed by atoms with Crippen molar-refractivity contribution in [3.8, 4) is 0 Å². The Bertz CT molecular complexity index is 523. The molecule has 1 aromatic carbocycles. The summed E-state index contributed by atoms with van der Waals surface area (Å²) in [4.78, 5) is 22.5. The zero-order chi connectivity index (χ0) is 14.8. The Morgan fingerprint density at radius 1 is 1.26 bits per heavy atom. The highest BCUT2D eigenvalue weighted by molar-refractivity contribution is 6.41. The third-order valence-electron chi connectivity index (χ3n) is 1.95. The minimum atomic E-state index is -1.21. The maximum atomic E-state index is 11.6.